The van der Waals surface area contributed by atoms with Crippen molar-refractivity contribution in [3.05, 3.63) is 47.7 Å². The van der Waals surface area contributed by atoms with Crippen LogP contribution < -0.4 is 10.6 Å². The maximum atomic E-state index is 12.5. The minimum Gasteiger partial charge on any atom is -0.480 e. The van der Waals surface area contributed by atoms with E-state index < -0.39 is 17.9 Å². The first-order valence-corrected chi connectivity index (χ1v) is 8.20. The number of benzene rings is 1. The minimum atomic E-state index is -1.03. The first-order chi connectivity index (χ1) is 12.3. The topological polar surface area (TPSA) is 113 Å². The number of carboxylic acids is 1. The maximum Gasteiger partial charge on any atom is 0.325 e. The molecule has 0 aliphatic carbocycles. The van der Waals surface area contributed by atoms with E-state index in [1.807, 2.05) is 32.9 Å². The molecule has 8 nitrogen and oxygen atoms in total. The van der Waals surface area contributed by atoms with Crippen LogP contribution >= 0.6 is 0 Å². The number of carbonyl (C=O) groups is 3. The molecule has 1 atom stereocenters. The predicted octanol–water partition coefficient (Wildman–Crippen LogP) is 1.67. The van der Waals surface area contributed by atoms with Gasteiger partial charge in [-0.1, -0.05) is 32.0 Å². The molecule has 138 valence electrons. The van der Waals surface area contributed by atoms with E-state index in [9.17, 15) is 14.4 Å². The van der Waals surface area contributed by atoms with Crippen LogP contribution in [-0.2, 0) is 16.1 Å². The second-order valence-electron chi connectivity index (χ2n) is 6.29. The molecule has 0 bridgehead atoms. The number of aryl methyl sites for hydroxylation is 1. The van der Waals surface area contributed by atoms with Crippen molar-refractivity contribution < 1.29 is 19.5 Å². The predicted molar refractivity (Wildman–Crippen MR) is 95.8 cm³/mol. The van der Waals surface area contributed by atoms with Crippen LogP contribution in [0.1, 0.15) is 29.8 Å². The van der Waals surface area contributed by atoms with Crippen molar-refractivity contribution in [2.45, 2.75) is 33.4 Å². The van der Waals surface area contributed by atoms with Gasteiger partial charge in [-0.25, -0.2) is 0 Å². The summed E-state index contributed by atoms with van der Waals surface area (Å²) in [6.45, 7) is 5.18. The smallest absolute Gasteiger partial charge is 0.325 e. The third-order valence-electron chi connectivity index (χ3n) is 3.81. The second kappa shape index (κ2) is 8.28. The number of amides is 2. The lowest BCUT2D eigenvalue weighted by atomic mass is 10.0. The number of nitrogens with zero attached hydrogens (tertiary/aromatic N) is 2. The molecule has 1 unspecified atom stereocenters. The highest BCUT2D eigenvalue weighted by Crippen LogP contribution is 2.11. The van der Waals surface area contributed by atoms with Crippen LogP contribution in [0.3, 0.4) is 0 Å². The first kappa shape index (κ1) is 19.2. The second-order valence-corrected chi connectivity index (χ2v) is 6.29. The van der Waals surface area contributed by atoms with Gasteiger partial charge in [-0.3, -0.25) is 19.1 Å². The van der Waals surface area contributed by atoms with E-state index >= 15 is 0 Å². The summed E-state index contributed by atoms with van der Waals surface area (Å²) in [6.07, 6.45) is 1.46. The Hall–Kier alpha value is -3.16. The van der Waals surface area contributed by atoms with Crippen molar-refractivity contribution in [2.75, 3.05) is 5.32 Å². The summed E-state index contributed by atoms with van der Waals surface area (Å²) in [6, 6.07) is 7.88. The lowest BCUT2D eigenvalue weighted by Gasteiger charge is -2.21. The lowest BCUT2D eigenvalue weighted by Crippen LogP contribution is -2.47. The molecule has 2 aromatic rings. The molecule has 8 heteroatoms. The Kier molecular flexibility index (Phi) is 6.11. The van der Waals surface area contributed by atoms with Gasteiger partial charge >= 0.3 is 5.97 Å². The number of rotatable bonds is 7. The molecular weight excluding hydrogens is 336 g/mol. The monoisotopic (exact) mass is 358 g/mol. The van der Waals surface area contributed by atoms with E-state index in [0.29, 0.717) is 5.56 Å². The Balaban J connectivity index is 2.07. The summed E-state index contributed by atoms with van der Waals surface area (Å²) in [7, 11) is 0. The van der Waals surface area contributed by atoms with E-state index in [4.69, 9.17) is 5.11 Å². The molecule has 2 rings (SSSR count). The van der Waals surface area contributed by atoms with Gasteiger partial charge in [0.1, 0.15) is 12.6 Å². The summed E-state index contributed by atoms with van der Waals surface area (Å²) in [4.78, 5) is 35.7. The molecule has 26 heavy (non-hydrogen) atoms. The fourth-order valence-corrected chi connectivity index (χ4v) is 2.44. The zero-order valence-electron chi connectivity index (χ0n) is 14.9. The van der Waals surface area contributed by atoms with E-state index in [0.717, 1.165) is 5.56 Å². The van der Waals surface area contributed by atoms with Crippen molar-refractivity contribution in [2.24, 2.45) is 5.92 Å². The highest BCUT2D eigenvalue weighted by molar-refractivity contribution is 6.01. The van der Waals surface area contributed by atoms with E-state index in [2.05, 4.69) is 15.7 Å². The Morgan fingerprint density at radius 2 is 1.88 bits per heavy atom. The third kappa shape index (κ3) is 4.92. The molecule has 0 fully saturated rings. The van der Waals surface area contributed by atoms with Gasteiger partial charge in [0.2, 0.25) is 5.91 Å². The highest BCUT2D eigenvalue weighted by Gasteiger charge is 2.25. The molecule has 0 saturated heterocycles. The summed E-state index contributed by atoms with van der Waals surface area (Å²) in [5.41, 5.74) is 1.33. The van der Waals surface area contributed by atoms with Gasteiger partial charge in [0.05, 0.1) is 0 Å². The normalized spacial score (nSPS) is 11.8. The van der Waals surface area contributed by atoms with E-state index in [1.54, 1.807) is 12.1 Å². The molecule has 0 radical (unpaired) electrons. The molecule has 2 amide bonds. The lowest BCUT2D eigenvalue weighted by molar-refractivity contribution is -0.137. The number of hydrogen-bond donors (Lipinski definition) is 3. The third-order valence-corrected chi connectivity index (χ3v) is 3.81. The van der Waals surface area contributed by atoms with Crippen molar-refractivity contribution in [3.8, 4) is 0 Å². The summed E-state index contributed by atoms with van der Waals surface area (Å²) < 4.78 is 1.20. The first-order valence-electron chi connectivity index (χ1n) is 8.20. The van der Waals surface area contributed by atoms with Crippen molar-refractivity contribution >= 4 is 23.6 Å². The maximum absolute atomic E-state index is 12.5. The van der Waals surface area contributed by atoms with Gasteiger partial charge in [0, 0.05) is 17.8 Å². The number of anilines is 1. The van der Waals surface area contributed by atoms with Crippen LogP contribution in [0.4, 0.5) is 5.82 Å². The van der Waals surface area contributed by atoms with Crippen LogP contribution in [0.25, 0.3) is 0 Å². The molecule has 0 aliphatic heterocycles. The van der Waals surface area contributed by atoms with Gasteiger partial charge < -0.3 is 15.7 Å². The zero-order chi connectivity index (χ0) is 19.3. The van der Waals surface area contributed by atoms with Crippen LogP contribution in [0.15, 0.2) is 36.5 Å². The van der Waals surface area contributed by atoms with Crippen molar-refractivity contribution in [1.82, 2.24) is 15.1 Å². The number of aliphatic carboxylic acids is 1. The number of hydrogen-bond acceptors (Lipinski definition) is 4. The summed E-state index contributed by atoms with van der Waals surface area (Å²) in [5.74, 6) is -1.69. The summed E-state index contributed by atoms with van der Waals surface area (Å²) in [5, 5.41) is 18.1. The number of nitrogens with one attached hydrogen (secondary N) is 2. The zero-order valence-corrected chi connectivity index (χ0v) is 14.9. The van der Waals surface area contributed by atoms with Crippen LogP contribution in [-0.4, -0.2) is 38.7 Å². The fourth-order valence-electron chi connectivity index (χ4n) is 2.44. The molecule has 0 aliphatic rings. The van der Waals surface area contributed by atoms with Gasteiger partial charge in [-0.05, 0) is 24.5 Å². The average molecular weight is 358 g/mol. The van der Waals surface area contributed by atoms with Gasteiger partial charge in [-0.2, -0.15) is 5.10 Å². The Morgan fingerprint density at radius 3 is 2.50 bits per heavy atom. The van der Waals surface area contributed by atoms with E-state index in [1.165, 1.54) is 16.9 Å². The van der Waals surface area contributed by atoms with Gasteiger partial charge in [0.15, 0.2) is 5.82 Å². The molecular formula is C18H22N4O4. The van der Waals surface area contributed by atoms with Crippen molar-refractivity contribution in [1.29, 1.82) is 0 Å². The Bertz CT molecular complexity index is 813. The molecule has 1 heterocycles. The van der Waals surface area contributed by atoms with E-state index in [-0.39, 0.29) is 24.2 Å². The minimum absolute atomic E-state index is 0.149. The summed E-state index contributed by atoms with van der Waals surface area (Å²) >= 11 is 0. The quantitative estimate of drug-likeness (QED) is 0.697. The van der Waals surface area contributed by atoms with Gasteiger partial charge in [-0.15, -0.1) is 0 Å². The van der Waals surface area contributed by atoms with Crippen LogP contribution in [0.2, 0.25) is 0 Å². The Labute approximate surface area is 151 Å². The fraction of sp³-hybridized carbons (Fsp3) is 0.333. The molecule has 0 spiro atoms. The van der Waals surface area contributed by atoms with Crippen LogP contribution in [0.5, 0.6) is 0 Å². The molecule has 3 N–H and O–H groups in total. The molecule has 0 saturated carbocycles. The highest BCUT2D eigenvalue weighted by atomic mass is 16.4. The van der Waals surface area contributed by atoms with Gasteiger partial charge in [0.25, 0.3) is 5.91 Å². The number of aromatic nitrogens is 2. The Morgan fingerprint density at radius 1 is 1.19 bits per heavy atom. The SMILES string of the molecule is Cc1ccccc1C(=O)NC(C(=O)Nc1ccn(CC(=O)O)n1)C(C)C. The largest absolute Gasteiger partial charge is 0.480 e. The molecule has 1 aromatic carbocycles. The molecule has 1 aromatic heterocycles. The van der Waals surface area contributed by atoms with Crippen LogP contribution in [0, 0.1) is 12.8 Å². The standard InChI is InChI=1S/C18H22N4O4/c1-11(2)16(20-17(25)13-7-5-4-6-12(13)3)18(26)19-14-8-9-22(21-14)10-15(23)24/h4-9,11,16H,10H2,1-3H3,(H,20,25)(H,23,24)(H,19,21,26). The average Bonchev–Trinajstić information content (AvgIpc) is 2.98. The number of carboxylic acid groups (broad SMARTS) is 1. The number of carbonyl (C=O) groups excluding carboxylic acids is 2. The van der Waals surface area contributed by atoms with Crippen molar-refractivity contribution in [3.63, 3.8) is 0 Å².